The first-order chi connectivity index (χ1) is 11.7. The summed E-state index contributed by atoms with van der Waals surface area (Å²) < 4.78 is 6.15. The number of benzene rings is 1. The molecule has 0 aliphatic carbocycles. The number of hydrogen-bond donors (Lipinski definition) is 1. The first-order valence-electron chi connectivity index (χ1n) is 9.08. The standard InChI is InChI=1S/C22H30O3/c1-15(2)11-18(23)12-16(3)7-6-9-22(5)10-8-19-20(24)13-17(4)14-21(19)25-22/h7-8,10,13-15,24H,6,9,11-12H2,1-5H3/b16-7+/t22-/m0/s1. The van der Waals surface area contributed by atoms with Crippen LogP contribution in [0, 0.1) is 12.8 Å². The molecule has 0 bridgehead atoms. The van der Waals surface area contributed by atoms with Crippen LogP contribution in [0.3, 0.4) is 0 Å². The molecule has 0 aromatic heterocycles. The van der Waals surface area contributed by atoms with E-state index in [1.807, 2.05) is 32.1 Å². The minimum absolute atomic E-state index is 0.257. The number of hydrogen-bond acceptors (Lipinski definition) is 3. The number of aryl methyl sites for hydroxylation is 1. The molecule has 1 N–H and O–H groups in total. The molecule has 0 saturated heterocycles. The molecular formula is C22H30O3. The highest BCUT2D eigenvalue weighted by Crippen LogP contribution is 2.38. The van der Waals surface area contributed by atoms with Crippen molar-refractivity contribution in [2.75, 3.05) is 0 Å². The Morgan fingerprint density at radius 1 is 1.36 bits per heavy atom. The maximum Gasteiger partial charge on any atom is 0.137 e. The lowest BCUT2D eigenvalue weighted by atomic mass is 9.93. The number of carbonyl (C=O) groups excluding carboxylic acids is 1. The normalized spacial score (nSPS) is 19.7. The Balaban J connectivity index is 1.95. The van der Waals surface area contributed by atoms with E-state index in [0.29, 0.717) is 24.5 Å². The highest BCUT2D eigenvalue weighted by atomic mass is 16.5. The molecule has 1 aromatic carbocycles. The topological polar surface area (TPSA) is 46.5 Å². The molecule has 0 saturated carbocycles. The van der Waals surface area contributed by atoms with Crippen LogP contribution in [0.4, 0.5) is 0 Å². The summed E-state index contributed by atoms with van der Waals surface area (Å²) in [6, 6.07) is 3.71. The summed E-state index contributed by atoms with van der Waals surface area (Å²) >= 11 is 0. The van der Waals surface area contributed by atoms with Gasteiger partial charge in [0, 0.05) is 12.8 Å². The van der Waals surface area contributed by atoms with Crippen molar-refractivity contribution < 1.29 is 14.6 Å². The van der Waals surface area contributed by atoms with Gasteiger partial charge in [0.2, 0.25) is 0 Å². The Morgan fingerprint density at radius 2 is 2.08 bits per heavy atom. The smallest absolute Gasteiger partial charge is 0.137 e. The number of phenols is 1. The third kappa shape index (κ3) is 5.48. The molecule has 2 rings (SSSR count). The average molecular weight is 342 g/mol. The Bertz CT molecular complexity index is 697. The highest BCUT2D eigenvalue weighted by Gasteiger charge is 2.28. The monoisotopic (exact) mass is 342 g/mol. The molecule has 1 aliphatic heterocycles. The van der Waals surface area contributed by atoms with Gasteiger partial charge in [0.05, 0.1) is 5.56 Å². The molecule has 1 heterocycles. The molecule has 25 heavy (non-hydrogen) atoms. The number of fused-ring (bicyclic) bond motifs is 1. The Labute approximate surface area is 151 Å². The van der Waals surface area contributed by atoms with Crippen LogP contribution in [0.25, 0.3) is 6.08 Å². The number of allylic oxidation sites excluding steroid dienone is 2. The minimum Gasteiger partial charge on any atom is -0.507 e. The molecule has 3 nitrogen and oxygen atoms in total. The van der Waals surface area contributed by atoms with Crippen molar-refractivity contribution in [3.05, 3.63) is 41.0 Å². The fraction of sp³-hybridized carbons (Fsp3) is 0.500. The molecule has 1 atom stereocenters. The van der Waals surface area contributed by atoms with E-state index in [1.165, 1.54) is 0 Å². The molecule has 0 spiro atoms. The summed E-state index contributed by atoms with van der Waals surface area (Å²) in [7, 11) is 0. The highest BCUT2D eigenvalue weighted by molar-refractivity contribution is 5.80. The van der Waals surface area contributed by atoms with E-state index in [4.69, 9.17) is 4.74 Å². The lowest BCUT2D eigenvalue weighted by Gasteiger charge is -2.32. The largest absolute Gasteiger partial charge is 0.507 e. The van der Waals surface area contributed by atoms with E-state index < -0.39 is 5.60 Å². The molecule has 0 unspecified atom stereocenters. The Morgan fingerprint density at radius 3 is 2.76 bits per heavy atom. The minimum atomic E-state index is -0.397. The molecule has 1 aliphatic rings. The van der Waals surface area contributed by atoms with Crippen LogP contribution in [-0.4, -0.2) is 16.5 Å². The summed E-state index contributed by atoms with van der Waals surface area (Å²) in [5.74, 6) is 1.71. The molecule has 1 aromatic rings. The number of ether oxygens (including phenoxy) is 1. The summed E-state index contributed by atoms with van der Waals surface area (Å²) in [6.45, 7) is 10.2. The molecule has 0 radical (unpaired) electrons. The van der Waals surface area contributed by atoms with Gasteiger partial charge in [-0.1, -0.05) is 25.5 Å². The van der Waals surface area contributed by atoms with Gasteiger partial charge >= 0.3 is 0 Å². The van der Waals surface area contributed by atoms with Crippen LogP contribution in [0.2, 0.25) is 0 Å². The molecule has 136 valence electrons. The Kier molecular flexibility index (Phi) is 6.10. The van der Waals surface area contributed by atoms with Crippen molar-refractivity contribution in [3.63, 3.8) is 0 Å². The van der Waals surface area contributed by atoms with Gasteiger partial charge in [-0.15, -0.1) is 0 Å². The number of aromatic hydroxyl groups is 1. The lowest BCUT2D eigenvalue weighted by molar-refractivity contribution is -0.119. The number of phenolic OH excluding ortho intramolecular Hbond substituents is 1. The van der Waals surface area contributed by atoms with E-state index >= 15 is 0 Å². The summed E-state index contributed by atoms with van der Waals surface area (Å²) in [5.41, 5.74) is 2.46. The third-order valence-corrected chi connectivity index (χ3v) is 4.46. The van der Waals surface area contributed by atoms with Crippen molar-refractivity contribution in [1.29, 1.82) is 0 Å². The fourth-order valence-corrected chi connectivity index (χ4v) is 3.19. The van der Waals surface area contributed by atoms with Crippen molar-refractivity contribution in [1.82, 2.24) is 0 Å². The average Bonchev–Trinajstić information content (AvgIpc) is 2.44. The van der Waals surface area contributed by atoms with Gasteiger partial charge in [-0.2, -0.15) is 0 Å². The van der Waals surface area contributed by atoms with Gasteiger partial charge in [0.15, 0.2) is 0 Å². The van der Waals surface area contributed by atoms with Gasteiger partial charge in [-0.25, -0.2) is 0 Å². The second kappa shape index (κ2) is 7.90. The number of carbonyl (C=O) groups is 1. The number of rotatable bonds is 7. The molecule has 0 amide bonds. The molecule has 0 fully saturated rings. The lowest BCUT2D eigenvalue weighted by Crippen LogP contribution is -2.31. The van der Waals surface area contributed by atoms with Gasteiger partial charge < -0.3 is 9.84 Å². The third-order valence-electron chi connectivity index (χ3n) is 4.46. The predicted octanol–water partition coefficient (Wildman–Crippen LogP) is 5.60. The van der Waals surface area contributed by atoms with E-state index in [9.17, 15) is 9.90 Å². The molecule has 3 heteroatoms. The van der Waals surface area contributed by atoms with E-state index in [-0.39, 0.29) is 5.75 Å². The van der Waals surface area contributed by atoms with Crippen molar-refractivity contribution >= 4 is 11.9 Å². The van der Waals surface area contributed by atoms with E-state index in [2.05, 4.69) is 26.8 Å². The first-order valence-corrected chi connectivity index (χ1v) is 9.08. The maximum atomic E-state index is 11.9. The summed E-state index contributed by atoms with van der Waals surface area (Å²) in [5, 5.41) is 10.0. The van der Waals surface area contributed by atoms with E-state index in [1.54, 1.807) is 6.07 Å². The van der Waals surface area contributed by atoms with Gasteiger partial charge in [0.1, 0.15) is 22.9 Å². The quantitative estimate of drug-likeness (QED) is 0.656. The van der Waals surface area contributed by atoms with Crippen molar-refractivity contribution in [3.8, 4) is 11.5 Å². The zero-order valence-electron chi connectivity index (χ0n) is 16.1. The zero-order chi connectivity index (χ0) is 18.6. The number of ketones is 1. The van der Waals surface area contributed by atoms with Gasteiger partial charge in [-0.05, 0) is 69.4 Å². The maximum absolute atomic E-state index is 11.9. The second-order valence-corrected chi connectivity index (χ2v) is 7.85. The Hall–Kier alpha value is -2.03. The fourth-order valence-electron chi connectivity index (χ4n) is 3.19. The SMILES string of the molecule is C/C(=C\CC[C@@]1(C)C=Cc2c(O)cc(C)cc2O1)CC(=O)CC(C)C. The molecular weight excluding hydrogens is 312 g/mol. The summed E-state index contributed by atoms with van der Waals surface area (Å²) in [6.07, 6.45) is 8.97. The van der Waals surface area contributed by atoms with Crippen LogP contribution in [0.1, 0.15) is 64.5 Å². The van der Waals surface area contributed by atoms with E-state index in [0.717, 1.165) is 35.3 Å². The zero-order valence-corrected chi connectivity index (χ0v) is 16.1. The first kappa shape index (κ1) is 19.3. The van der Waals surface area contributed by atoms with Crippen molar-refractivity contribution in [2.45, 2.75) is 65.9 Å². The predicted molar refractivity (Wildman–Crippen MR) is 103 cm³/mol. The van der Waals surface area contributed by atoms with Gasteiger partial charge in [0.25, 0.3) is 0 Å². The van der Waals surface area contributed by atoms with Crippen LogP contribution < -0.4 is 4.74 Å². The van der Waals surface area contributed by atoms with Crippen molar-refractivity contribution in [2.24, 2.45) is 5.92 Å². The van der Waals surface area contributed by atoms with Crippen LogP contribution in [-0.2, 0) is 4.79 Å². The second-order valence-electron chi connectivity index (χ2n) is 7.85. The van der Waals surface area contributed by atoms with Crippen LogP contribution in [0.15, 0.2) is 29.9 Å². The summed E-state index contributed by atoms with van der Waals surface area (Å²) in [4.78, 5) is 11.9. The number of Topliss-reactive ketones (excluding diaryl/α,β-unsaturated/α-hetero) is 1. The van der Waals surface area contributed by atoms with Crippen LogP contribution >= 0.6 is 0 Å². The van der Waals surface area contributed by atoms with Crippen LogP contribution in [0.5, 0.6) is 11.5 Å². The van der Waals surface area contributed by atoms with Gasteiger partial charge in [-0.3, -0.25) is 4.79 Å².